The van der Waals surface area contributed by atoms with Gasteiger partial charge in [0.2, 0.25) is 0 Å². The van der Waals surface area contributed by atoms with Crippen LogP contribution in [0.4, 0.5) is 0 Å². The summed E-state index contributed by atoms with van der Waals surface area (Å²) in [4.78, 5) is 12.2. The first-order valence-corrected chi connectivity index (χ1v) is 8.43. The zero-order valence-corrected chi connectivity index (χ0v) is 12.5. The van der Waals surface area contributed by atoms with Crippen molar-refractivity contribution in [1.82, 2.24) is 0 Å². The fourth-order valence-electron chi connectivity index (χ4n) is 3.89. The number of ketones is 1. The van der Waals surface area contributed by atoms with Crippen LogP contribution in [-0.2, 0) is 24.1 Å². The summed E-state index contributed by atoms with van der Waals surface area (Å²) in [7, 11) is 0. The summed E-state index contributed by atoms with van der Waals surface area (Å²) in [5.41, 5.74) is 4.23. The summed E-state index contributed by atoms with van der Waals surface area (Å²) in [6, 6.07) is 6.69. The molecular formula is C19H26O. The number of fused-ring (bicyclic) bond motifs is 1. The molecule has 1 heteroatoms. The number of hydrogen-bond acceptors (Lipinski definition) is 1. The van der Waals surface area contributed by atoms with Gasteiger partial charge in [0.05, 0.1) is 0 Å². The van der Waals surface area contributed by atoms with E-state index in [2.05, 4.69) is 18.2 Å². The molecule has 20 heavy (non-hydrogen) atoms. The minimum absolute atomic E-state index is 0.438. The molecule has 0 saturated heterocycles. The lowest BCUT2D eigenvalue weighted by Crippen LogP contribution is -2.10. The van der Waals surface area contributed by atoms with Crippen molar-refractivity contribution in [2.75, 3.05) is 0 Å². The molecule has 0 aliphatic heterocycles. The van der Waals surface area contributed by atoms with Crippen LogP contribution in [0.5, 0.6) is 0 Å². The van der Waals surface area contributed by atoms with Gasteiger partial charge in [0, 0.05) is 12.8 Å². The third-order valence-corrected chi connectivity index (χ3v) is 5.12. The van der Waals surface area contributed by atoms with E-state index in [1.807, 2.05) is 0 Å². The third kappa shape index (κ3) is 3.50. The highest BCUT2D eigenvalue weighted by Gasteiger charge is 2.16. The van der Waals surface area contributed by atoms with Gasteiger partial charge in [0.15, 0.2) is 0 Å². The monoisotopic (exact) mass is 270 g/mol. The van der Waals surface area contributed by atoms with Crippen LogP contribution >= 0.6 is 0 Å². The maximum absolute atomic E-state index is 12.2. The molecule has 3 rings (SSSR count). The molecule has 2 aliphatic carbocycles. The van der Waals surface area contributed by atoms with E-state index in [1.165, 1.54) is 68.1 Å². The van der Waals surface area contributed by atoms with Crippen LogP contribution in [0.2, 0.25) is 0 Å². The van der Waals surface area contributed by atoms with Crippen molar-refractivity contribution in [3.63, 3.8) is 0 Å². The number of carbonyl (C=O) groups excluding carboxylic acids is 1. The first-order valence-electron chi connectivity index (χ1n) is 8.43. The number of Topliss-reactive ketones (excluding diaryl/α,β-unsaturated/α-hetero) is 1. The van der Waals surface area contributed by atoms with Gasteiger partial charge < -0.3 is 0 Å². The molecule has 1 saturated carbocycles. The second-order valence-corrected chi connectivity index (χ2v) is 6.71. The zero-order chi connectivity index (χ0) is 13.8. The first-order chi connectivity index (χ1) is 9.81. The highest BCUT2D eigenvalue weighted by molar-refractivity contribution is 5.80. The lowest BCUT2D eigenvalue weighted by atomic mass is 9.85. The molecule has 1 fully saturated rings. The number of rotatable bonds is 5. The van der Waals surface area contributed by atoms with E-state index in [0.29, 0.717) is 12.2 Å². The van der Waals surface area contributed by atoms with Crippen molar-refractivity contribution in [3.05, 3.63) is 34.9 Å². The predicted molar refractivity (Wildman–Crippen MR) is 83.0 cm³/mol. The molecule has 0 N–H and O–H groups in total. The Bertz CT molecular complexity index is 469. The minimum Gasteiger partial charge on any atom is -0.299 e. The van der Waals surface area contributed by atoms with Crippen LogP contribution < -0.4 is 0 Å². The van der Waals surface area contributed by atoms with Gasteiger partial charge in [-0.3, -0.25) is 4.79 Å². The highest BCUT2D eigenvalue weighted by atomic mass is 16.1. The van der Waals surface area contributed by atoms with Crippen molar-refractivity contribution in [1.29, 1.82) is 0 Å². The smallest absolute Gasteiger partial charge is 0.137 e. The Hall–Kier alpha value is -1.11. The van der Waals surface area contributed by atoms with Gasteiger partial charge in [-0.2, -0.15) is 0 Å². The molecule has 1 aromatic rings. The molecule has 0 bridgehead atoms. The summed E-state index contributed by atoms with van der Waals surface area (Å²) in [6.07, 6.45) is 13.2. The van der Waals surface area contributed by atoms with Crippen molar-refractivity contribution < 1.29 is 4.79 Å². The Labute approximate surface area is 122 Å². The zero-order valence-electron chi connectivity index (χ0n) is 12.5. The van der Waals surface area contributed by atoms with E-state index in [-0.39, 0.29) is 0 Å². The number of aryl methyl sites for hydroxylation is 2. The van der Waals surface area contributed by atoms with E-state index in [0.717, 1.165) is 18.8 Å². The second kappa shape index (κ2) is 6.56. The van der Waals surface area contributed by atoms with Gasteiger partial charge in [-0.05, 0) is 48.3 Å². The predicted octanol–water partition coefficient (Wildman–Crippen LogP) is 4.65. The molecular weight excluding hydrogens is 244 g/mol. The number of hydrogen-bond donors (Lipinski definition) is 0. The van der Waals surface area contributed by atoms with Crippen LogP contribution in [0.1, 0.15) is 68.1 Å². The third-order valence-electron chi connectivity index (χ3n) is 5.12. The van der Waals surface area contributed by atoms with Crippen molar-refractivity contribution in [2.45, 2.75) is 70.6 Å². The quantitative estimate of drug-likeness (QED) is 0.761. The molecule has 0 radical (unpaired) electrons. The maximum atomic E-state index is 12.2. The van der Waals surface area contributed by atoms with Gasteiger partial charge in [-0.25, -0.2) is 0 Å². The fourth-order valence-corrected chi connectivity index (χ4v) is 3.89. The largest absolute Gasteiger partial charge is 0.299 e. The van der Waals surface area contributed by atoms with Gasteiger partial charge >= 0.3 is 0 Å². The highest BCUT2D eigenvalue weighted by Crippen LogP contribution is 2.28. The molecule has 1 nitrogen and oxygen atoms in total. The fraction of sp³-hybridized carbons (Fsp3) is 0.632. The van der Waals surface area contributed by atoms with E-state index in [4.69, 9.17) is 0 Å². The van der Waals surface area contributed by atoms with Crippen LogP contribution in [-0.4, -0.2) is 5.78 Å². The number of benzene rings is 1. The van der Waals surface area contributed by atoms with Gasteiger partial charge in [0.1, 0.15) is 5.78 Å². The molecule has 0 amide bonds. The lowest BCUT2D eigenvalue weighted by Gasteiger charge is -2.20. The molecule has 108 valence electrons. The van der Waals surface area contributed by atoms with Crippen LogP contribution in [0.3, 0.4) is 0 Å². The topological polar surface area (TPSA) is 17.1 Å². The molecule has 0 spiro atoms. The summed E-state index contributed by atoms with van der Waals surface area (Å²) in [5, 5.41) is 0. The van der Waals surface area contributed by atoms with Crippen LogP contribution in [0.15, 0.2) is 18.2 Å². The first kappa shape index (κ1) is 13.9. The van der Waals surface area contributed by atoms with Gasteiger partial charge in [-0.15, -0.1) is 0 Å². The summed E-state index contributed by atoms with van der Waals surface area (Å²) in [6.45, 7) is 0. The van der Waals surface area contributed by atoms with E-state index < -0.39 is 0 Å². The molecule has 0 atom stereocenters. The molecule has 0 heterocycles. The Kier molecular flexibility index (Phi) is 4.54. The summed E-state index contributed by atoms with van der Waals surface area (Å²) in [5.74, 6) is 1.27. The average molecular weight is 270 g/mol. The van der Waals surface area contributed by atoms with Crippen molar-refractivity contribution >= 4 is 5.78 Å². The Morgan fingerprint density at radius 3 is 2.65 bits per heavy atom. The van der Waals surface area contributed by atoms with E-state index in [1.54, 1.807) is 0 Å². The Morgan fingerprint density at radius 2 is 1.80 bits per heavy atom. The Morgan fingerprint density at radius 1 is 1.00 bits per heavy atom. The number of carbonyl (C=O) groups is 1. The van der Waals surface area contributed by atoms with Crippen LogP contribution in [0, 0.1) is 5.92 Å². The SMILES string of the molecule is O=C(CCC1CCCCC1)Cc1ccc2c(c1)CCC2. The second-order valence-electron chi connectivity index (χ2n) is 6.71. The van der Waals surface area contributed by atoms with Crippen molar-refractivity contribution in [3.8, 4) is 0 Å². The van der Waals surface area contributed by atoms with E-state index in [9.17, 15) is 4.79 Å². The lowest BCUT2D eigenvalue weighted by molar-refractivity contribution is -0.118. The average Bonchev–Trinajstić information content (AvgIpc) is 2.94. The van der Waals surface area contributed by atoms with Crippen LogP contribution in [0.25, 0.3) is 0 Å². The normalized spacial score (nSPS) is 19.0. The van der Waals surface area contributed by atoms with Crippen molar-refractivity contribution in [2.24, 2.45) is 5.92 Å². The minimum atomic E-state index is 0.438. The van der Waals surface area contributed by atoms with Gasteiger partial charge in [0.25, 0.3) is 0 Å². The summed E-state index contributed by atoms with van der Waals surface area (Å²) < 4.78 is 0. The standard InChI is InChI=1S/C19H26O/c20-19(12-10-15-5-2-1-3-6-15)14-16-9-11-17-7-4-8-18(17)13-16/h9,11,13,15H,1-8,10,12,14H2. The molecule has 0 aromatic heterocycles. The molecule has 1 aromatic carbocycles. The maximum Gasteiger partial charge on any atom is 0.137 e. The molecule has 0 unspecified atom stereocenters. The molecule has 2 aliphatic rings. The van der Waals surface area contributed by atoms with Gasteiger partial charge in [-0.1, -0.05) is 50.3 Å². The summed E-state index contributed by atoms with van der Waals surface area (Å²) >= 11 is 0. The van der Waals surface area contributed by atoms with E-state index >= 15 is 0 Å². The Balaban J connectivity index is 1.48.